The first-order chi connectivity index (χ1) is 19.9. The van der Waals surface area contributed by atoms with Crippen LogP contribution in [0.15, 0.2) is 78.4 Å². The number of rotatable bonds is 11. The number of hydrogen-bond donors (Lipinski definition) is 2. The fourth-order valence-electron chi connectivity index (χ4n) is 4.71. The van der Waals surface area contributed by atoms with E-state index in [2.05, 4.69) is 10.6 Å². The van der Waals surface area contributed by atoms with Crippen LogP contribution in [-0.2, 0) is 9.53 Å². The molecular weight excluding hydrogens is 522 g/mol. The normalized spacial score (nSPS) is 14.8. The smallest absolute Gasteiger partial charge is 0.338 e. The van der Waals surface area contributed by atoms with E-state index in [-0.39, 0.29) is 18.5 Å². The molecule has 9 heteroatoms. The predicted octanol–water partition coefficient (Wildman–Crippen LogP) is 5.80. The highest BCUT2D eigenvalue weighted by atomic mass is 16.5. The SMILES string of the molecule is CCCCN1C(=O)NC(c2cccc(NC(=O)c3cc(OC)cc(OC)c3)c2)C(C(=O)OCC)=C1c1ccccc1. The number of urea groups is 1. The van der Waals surface area contributed by atoms with E-state index in [1.165, 1.54) is 14.2 Å². The number of ether oxygens (including phenoxy) is 3. The van der Waals surface area contributed by atoms with Crippen LogP contribution in [0.25, 0.3) is 5.70 Å². The highest BCUT2D eigenvalue weighted by Gasteiger charge is 2.38. The molecule has 3 aromatic rings. The molecule has 1 heterocycles. The third-order valence-corrected chi connectivity index (χ3v) is 6.70. The Bertz CT molecular complexity index is 1410. The van der Waals surface area contributed by atoms with E-state index in [1.807, 2.05) is 37.3 Å². The molecule has 0 fully saturated rings. The number of esters is 1. The lowest BCUT2D eigenvalue weighted by atomic mass is 9.91. The maximum Gasteiger partial charge on any atom is 0.338 e. The maximum absolute atomic E-state index is 13.5. The summed E-state index contributed by atoms with van der Waals surface area (Å²) >= 11 is 0. The summed E-state index contributed by atoms with van der Waals surface area (Å²) in [6.07, 6.45) is 1.64. The average molecular weight is 558 g/mol. The van der Waals surface area contributed by atoms with E-state index in [4.69, 9.17) is 14.2 Å². The number of methoxy groups -OCH3 is 2. The summed E-state index contributed by atoms with van der Waals surface area (Å²) < 4.78 is 16.1. The lowest BCUT2D eigenvalue weighted by Gasteiger charge is -2.37. The second-order valence-electron chi connectivity index (χ2n) is 9.42. The van der Waals surface area contributed by atoms with Crippen LogP contribution in [0, 0.1) is 0 Å². The van der Waals surface area contributed by atoms with E-state index in [9.17, 15) is 14.4 Å². The molecule has 214 valence electrons. The number of nitrogens with one attached hydrogen (secondary N) is 2. The Labute approximate surface area is 240 Å². The third-order valence-electron chi connectivity index (χ3n) is 6.70. The summed E-state index contributed by atoms with van der Waals surface area (Å²) in [4.78, 5) is 41.8. The summed E-state index contributed by atoms with van der Waals surface area (Å²) in [7, 11) is 3.03. The van der Waals surface area contributed by atoms with Gasteiger partial charge in [-0.3, -0.25) is 9.69 Å². The number of unbranched alkanes of at least 4 members (excludes halogenated alkanes) is 1. The second kappa shape index (κ2) is 13.5. The topological polar surface area (TPSA) is 106 Å². The number of amides is 3. The minimum Gasteiger partial charge on any atom is -0.497 e. The lowest BCUT2D eigenvalue weighted by Crippen LogP contribution is -2.48. The number of carbonyl (C=O) groups excluding carboxylic acids is 3. The van der Waals surface area contributed by atoms with Gasteiger partial charge in [0.05, 0.1) is 38.1 Å². The zero-order valence-corrected chi connectivity index (χ0v) is 23.7. The fraction of sp³-hybridized carbons (Fsp3) is 0.281. The first-order valence-electron chi connectivity index (χ1n) is 13.6. The fourth-order valence-corrected chi connectivity index (χ4v) is 4.71. The summed E-state index contributed by atoms with van der Waals surface area (Å²) in [6, 6.07) is 20.2. The average Bonchev–Trinajstić information content (AvgIpc) is 3.00. The van der Waals surface area contributed by atoms with Crippen molar-refractivity contribution in [3.63, 3.8) is 0 Å². The molecule has 1 unspecified atom stereocenters. The summed E-state index contributed by atoms with van der Waals surface area (Å²) in [5, 5.41) is 5.90. The van der Waals surface area contributed by atoms with Gasteiger partial charge in [-0.05, 0) is 48.7 Å². The molecule has 1 aliphatic heterocycles. The van der Waals surface area contributed by atoms with Gasteiger partial charge in [-0.1, -0.05) is 55.8 Å². The van der Waals surface area contributed by atoms with Gasteiger partial charge in [0.1, 0.15) is 11.5 Å². The molecule has 41 heavy (non-hydrogen) atoms. The third kappa shape index (κ3) is 6.69. The Kier molecular flexibility index (Phi) is 9.63. The molecule has 1 aliphatic rings. The number of carbonyl (C=O) groups is 3. The van der Waals surface area contributed by atoms with Gasteiger partial charge in [0.25, 0.3) is 5.91 Å². The highest BCUT2D eigenvalue weighted by Crippen LogP contribution is 2.37. The van der Waals surface area contributed by atoms with Crippen molar-refractivity contribution in [3.8, 4) is 11.5 Å². The Morgan fingerprint density at radius 2 is 1.63 bits per heavy atom. The van der Waals surface area contributed by atoms with Crippen molar-refractivity contribution in [2.45, 2.75) is 32.7 Å². The van der Waals surface area contributed by atoms with Crippen LogP contribution in [0.2, 0.25) is 0 Å². The predicted molar refractivity (Wildman–Crippen MR) is 157 cm³/mol. The first kappa shape index (κ1) is 29.2. The van der Waals surface area contributed by atoms with Gasteiger partial charge in [-0.2, -0.15) is 0 Å². The number of hydrogen-bond acceptors (Lipinski definition) is 6. The molecule has 0 aliphatic carbocycles. The van der Waals surface area contributed by atoms with Crippen LogP contribution >= 0.6 is 0 Å². The Morgan fingerprint density at radius 3 is 2.27 bits per heavy atom. The molecule has 0 saturated heterocycles. The van der Waals surface area contributed by atoms with Crippen molar-refractivity contribution >= 4 is 29.3 Å². The van der Waals surface area contributed by atoms with E-state index in [0.717, 1.165) is 18.4 Å². The van der Waals surface area contributed by atoms with Crippen molar-refractivity contribution in [2.24, 2.45) is 0 Å². The van der Waals surface area contributed by atoms with Crippen molar-refractivity contribution < 1.29 is 28.6 Å². The van der Waals surface area contributed by atoms with Crippen LogP contribution in [0.1, 0.15) is 54.2 Å². The zero-order chi connectivity index (χ0) is 29.4. The molecule has 3 aromatic carbocycles. The van der Waals surface area contributed by atoms with Gasteiger partial charge in [-0.25, -0.2) is 9.59 Å². The van der Waals surface area contributed by atoms with Crippen molar-refractivity contribution in [1.82, 2.24) is 10.2 Å². The molecule has 0 spiro atoms. The number of anilines is 1. The van der Waals surface area contributed by atoms with Crippen molar-refractivity contribution in [1.29, 1.82) is 0 Å². The van der Waals surface area contributed by atoms with Gasteiger partial charge >= 0.3 is 12.0 Å². The lowest BCUT2D eigenvalue weighted by molar-refractivity contribution is -0.138. The van der Waals surface area contributed by atoms with Gasteiger partial charge in [0.2, 0.25) is 0 Å². The molecule has 1 atom stereocenters. The van der Waals surface area contributed by atoms with E-state index in [1.54, 1.807) is 54.3 Å². The monoisotopic (exact) mass is 557 g/mol. The quantitative estimate of drug-likeness (QED) is 0.289. The highest BCUT2D eigenvalue weighted by molar-refractivity contribution is 6.06. The number of benzene rings is 3. The number of nitrogens with zero attached hydrogens (tertiary/aromatic N) is 1. The Hall–Kier alpha value is -4.79. The summed E-state index contributed by atoms with van der Waals surface area (Å²) in [6.45, 7) is 4.42. The molecule has 3 amide bonds. The molecular formula is C32H35N3O6. The molecule has 0 saturated carbocycles. The van der Waals surface area contributed by atoms with Crippen molar-refractivity contribution in [3.05, 3.63) is 95.1 Å². The molecule has 0 radical (unpaired) electrons. The summed E-state index contributed by atoms with van der Waals surface area (Å²) in [5.41, 5.74) is 3.04. The zero-order valence-electron chi connectivity index (χ0n) is 23.7. The molecule has 9 nitrogen and oxygen atoms in total. The van der Waals surface area contributed by atoms with Crippen LogP contribution in [0.5, 0.6) is 11.5 Å². The summed E-state index contributed by atoms with van der Waals surface area (Å²) in [5.74, 6) is 0.0802. The standard InChI is InChI=1S/C32H35N3O6/c1-5-7-16-35-29(21-12-9-8-10-13-21)27(31(37)41-6-2)28(34-32(35)38)22-14-11-15-24(17-22)33-30(36)23-18-25(39-3)20-26(19-23)40-4/h8-15,17-20,28H,5-7,16H2,1-4H3,(H,33,36)(H,34,38). The van der Waals surface area contributed by atoms with Crippen molar-refractivity contribution in [2.75, 3.05) is 32.7 Å². The van der Waals surface area contributed by atoms with Crippen LogP contribution in [0.3, 0.4) is 0 Å². The van der Waals surface area contributed by atoms with E-state index >= 15 is 0 Å². The van der Waals surface area contributed by atoms with E-state index in [0.29, 0.717) is 46.1 Å². The van der Waals surface area contributed by atoms with Gasteiger partial charge in [-0.15, -0.1) is 0 Å². The molecule has 0 aromatic heterocycles. The minimum atomic E-state index is -0.802. The van der Waals surface area contributed by atoms with Crippen LogP contribution in [0.4, 0.5) is 10.5 Å². The first-order valence-corrected chi connectivity index (χ1v) is 13.6. The maximum atomic E-state index is 13.5. The van der Waals surface area contributed by atoms with Crippen LogP contribution in [-0.4, -0.2) is 50.2 Å². The second-order valence-corrected chi connectivity index (χ2v) is 9.42. The Morgan fingerprint density at radius 1 is 0.927 bits per heavy atom. The Balaban J connectivity index is 1.77. The largest absolute Gasteiger partial charge is 0.497 e. The molecule has 4 rings (SSSR count). The van der Waals surface area contributed by atoms with Gasteiger partial charge in [0.15, 0.2) is 0 Å². The van der Waals surface area contributed by atoms with Gasteiger partial charge < -0.3 is 24.8 Å². The molecule has 2 N–H and O–H groups in total. The molecule has 0 bridgehead atoms. The minimum absolute atomic E-state index is 0.181. The van der Waals surface area contributed by atoms with Crippen LogP contribution < -0.4 is 20.1 Å². The van der Waals surface area contributed by atoms with E-state index < -0.39 is 12.0 Å². The van der Waals surface area contributed by atoms with Gasteiger partial charge in [0, 0.05) is 23.9 Å².